The predicted octanol–water partition coefficient (Wildman–Crippen LogP) is 3.03. The van der Waals surface area contributed by atoms with Crippen LogP contribution in [0.25, 0.3) is 0 Å². The van der Waals surface area contributed by atoms with E-state index in [9.17, 15) is 8.42 Å². The Balaban J connectivity index is 1.26. The van der Waals surface area contributed by atoms with Crippen molar-refractivity contribution in [3.63, 3.8) is 0 Å². The van der Waals surface area contributed by atoms with E-state index in [1.165, 1.54) is 0 Å². The first-order valence-electron chi connectivity index (χ1n) is 12.2. The van der Waals surface area contributed by atoms with Crippen molar-refractivity contribution in [1.82, 2.24) is 14.9 Å². The third-order valence-electron chi connectivity index (χ3n) is 7.13. The van der Waals surface area contributed by atoms with Gasteiger partial charge < -0.3 is 20.1 Å². The molecule has 2 aromatic carbocycles. The van der Waals surface area contributed by atoms with Gasteiger partial charge in [0.05, 0.1) is 17.0 Å². The number of hydrogen-bond donors (Lipinski definition) is 2. The average Bonchev–Trinajstić information content (AvgIpc) is 3.31. The van der Waals surface area contributed by atoms with Gasteiger partial charge in [0.2, 0.25) is 16.8 Å². The minimum Gasteiger partial charge on any atom is -0.454 e. The number of hydrogen-bond acceptors (Lipinski definition) is 7. The van der Waals surface area contributed by atoms with Crippen molar-refractivity contribution < 1.29 is 17.9 Å². The average molecular weight is 499 g/mol. The molecule has 0 radical (unpaired) electrons. The van der Waals surface area contributed by atoms with Crippen molar-refractivity contribution in [2.24, 2.45) is 4.99 Å². The van der Waals surface area contributed by atoms with Gasteiger partial charge in [0.25, 0.3) is 0 Å². The number of sulfonamides is 1. The molecule has 8 nitrogen and oxygen atoms in total. The molecule has 0 bridgehead atoms. The zero-order chi connectivity index (χ0) is 24.7. The number of benzene rings is 2. The summed E-state index contributed by atoms with van der Waals surface area (Å²) in [6.07, 6.45) is 1.33. The maximum atomic E-state index is 13.3. The lowest BCUT2D eigenvalue weighted by Gasteiger charge is -2.44. The second-order valence-electron chi connectivity index (χ2n) is 10.5. The predicted molar refractivity (Wildman–Crippen MR) is 136 cm³/mol. The molecule has 35 heavy (non-hydrogen) atoms. The van der Waals surface area contributed by atoms with Crippen molar-refractivity contribution in [2.45, 2.75) is 56.0 Å². The van der Waals surface area contributed by atoms with E-state index >= 15 is 0 Å². The molecule has 0 amide bonds. The summed E-state index contributed by atoms with van der Waals surface area (Å²) in [6.45, 7) is 9.62. The van der Waals surface area contributed by atoms with Crippen molar-refractivity contribution in [1.29, 1.82) is 0 Å². The second-order valence-corrected chi connectivity index (χ2v) is 12.4. The van der Waals surface area contributed by atoms with Gasteiger partial charge in [-0.25, -0.2) is 8.42 Å². The summed E-state index contributed by atoms with van der Waals surface area (Å²) >= 11 is 0. The Kier molecular flexibility index (Phi) is 6.27. The van der Waals surface area contributed by atoms with Crippen LogP contribution in [0.1, 0.15) is 44.7 Å². The monoisotopic (exact) mass is 498 g/mol. The molecule has 0 unspecified atom stereocenters. The molecule has 3 aliphatic rings. The van der Waals surface area contributed by atoms with Crippen LogP contribution in [-0.4, -0.2) is 57.1 Å². The van der Waals surface area contributed by atoms with Crippen LogP contribution >= 0.6 is 0 Å². The maximum Gasteiger partial charge on any atom is 0.243 e. The van der Waals surface area contributed by atoms with E-state index in [4.69, 9.17) is 14.5 Å². The Labute approximate surface area is 207 Å². The Morgan fingerprint density at radius 3 is 2.49 bits per heavy atom. The largest absolute Gasteiger partial charge is 0.454 e. The van der Waals surface area contributed by atoms with E-state index in [0.29, 0.717) is 43.9 Å². The second kappa shape index (κ2) is 9.11. The van der Waals surface area contributed by atoms with Crippen LogP contribution in [0, 0.1) is 0 Å². The molecule has 5 rings (SSSR count). The maximum absolute atomic E-state index is 13.3. The first kappa shape index (κ1) is 24.1. The molecule has 0 aliphatic carbocycles. The molecule has 2 aromatic rings. The number of fused-ring (bicyclic) bond motifs is 1. The number of amidine groups is 1. The molecule has 3 heterocycles. The van der Waals surface area contributed by atoms with Crippen LogP contribution in [0.2, 0.25) is 0 Å². The first-order chi connectivity index (χ1) is 16.7. The molecule has 0 saturated carbocycles. The molecule has 1 spiro atoms. The molecule has 0 atom stereocenters. The summed E-state index contributed by atoms with van der Waals surface area (Å²) in [6, 6.07) is 13.2. The Morgan fingerprint density at radius 2 is 1.77 bits per heavy atom. The molecular weight excluding hydrogens is 464 g/mol. The Bertz CT molecular complexity index is 1210. The van der Waals surface area contributed by atoms with Crippen LogP contribution in [-0.2, 0) is 22.0 Å². The van der Waals surface area contributed by atoms with Crippen LogP contribution in [0.3, 0.4) is 0 Å². The summed E-state index contributed by atoms with van der Waals surface area (Å²) in [5.41, 5.74) is 1.85. The van der Waals surface area contributed by atoms with E-state index < -0.39 is 10.0 Å². The number of nitrogens with one attached hydrogen (secondary N) is 2. The van der Waals surface area contributed by atoms with Gasteiger partial charge in [-0.15, -0.1) is 0 Å². The molecule has 188 valence electrons. The standard InChI is InChI=1S/C26H34N4O4S/c1-25(2,3)20-5-7-21(8-6-20)35(31,32)30-14-10-26(11-15-30)24(27-12-13-29-26)28-17-19-4-9-22-23(16-19)34-18-33-22/h4-9,16,29H,10-15,17-18H2,1-3H3,(H,27,28). The molecule has 0 aromatic heterocycles. The van der Waals surface area contributed by atoms with Crippen molar-refractivity contribution >= 4 is 15.9 Å². The van der Waals surface area contributed by atoms with Gasteiger partial charge in [0.1, 0.15) is 5.84 Å². The fraction of sp³-hybridized carbons (Fsp3) is 0.500. The molecular formula is C26H34N4O4S. The molecule has 9 heteroatoms. The van der Waals surface area contributed by atoms with Gasteiger partial charge >= 0.3 is 0 Å². The number of aliphatic imine (C=N–C) groups is 1. The third kappa shape index (κ3) is 4.77. The number of ether oxygens (including phenoxy) is 2. The van der Waals surface area contributed by atoms with Crippen molar-refractivity contribution in [3.8, 4) is 11.5 Å². The fourth-order valence-corrected chi connectivity index (χ4v) is 6.40. The van der Waals surface area contributed by atoms with E-state index in [2.05, 4.69) is 31.4 Å². The van der Waals surface area contributed by atoms with Gasteiger partial charge in [-0.2, -0.15) is 4.31 Å². The van der Waals surface area contributed by atoms with E-state index in [-0.39, 0.29) is 17.7 Å². The highest BCUT2D eigenvalue weighted by Crippen LogP contribution is 2.33. The first-order valence-corrected chi connectivity index (χ1v) is 13.6. The quantitative estimate of drug-likeness (QED) is 0.673. The van der Waals surface area contributed by atoms with Gasteiger partial charge in [-0.1, -0.05) is 39.0 Å². The van der Waals surface area contributed by atoms with Crippen LogP contribution in [0.15, 0.2) is 52.4 Å². The molecule has 1 saturated heterocycles. The van der Waals surface area contributed by atoms with Crippen LogP contribution in [0.4, 0.5) is 0 Å². The topological polar surface area (TPSA) is 92.3 Å². The van der Waals surface area contributed by atoms with E-state index in [1.807, 2.05) is 30.3 Å². The zero-order valence-corrected chi connectivity index (χ0v) is 21.5. The summed E-state index contributed by atoms with van der Waals surface area (Å²) in [7, 11) is -3.54. The SMILES string of the molecule is CC(C)(C)c1ccc(S(=O)(=O)N2CCC3(CC2)NCCN=C3NCc2ccc3c(c2)OCO3)cc1. The minimum absolute atomic E-state index is 0.0181. The highest BCUT2D eigenvalue weighted by molar-refractivity contribution is 7.89. The van der Waals surface area contributed by atoms with E-state index in [1.54, 1.807) is 16.4 Å². The van der Waals surface area contributed by atoms with Crippen LogP contribution in [0.5, 0.6) is 11.5 Å². The van der Waals surface area contributed by atoms with Gasteiger partial charge in [0, 0.05) is 26.2 Å². The summed E-state index contributed by atoms with van der Waals surface area (Å²) < 4.78 is 39.2. The Hall–Kier alpha value is -2.62. The number of nitrogens with zero attached hydrogens (tertiary/aromatic N) is 2. The normalized spacial score (nSPS) is 20.0. The Morgan fingerprint density at radius 1 is 1.06 bits per heavy atom. The smallest absolute Gasteiger partial charge is 0.243 e. The number of piperidine rings is 1. The number of rotatable bonds is 4. The van der Waals surface area contributed by atoms with Crippen molar-refractivity contribution in [3.05, 3.63) is 53.6 Å². The fourth-order valence-electron chi connectivity index (χ4n) is 4.96. The molecule has 3 aliphatic heterocycles. The van der Waals surface area contributed by atoms with Crippen molar-refractivity contribution in [2.75, 3.05) is 33.0 Å². The third-order valence-corrected chi connectivity index (χ3v) is 9.04. The lowest BCUT2D eigenvalue weighted by Crippen LogP contribution is -2.64. The lowest BCUT2D eigenvalue weighted by atomic mass is 9.85. The summed E-state index contributed by atoms with van der Waals surface area (Å²) in [5.74, 6) is 2.44. The highest BCUT2D eigenvalue weighted by atomic mass is 32.2. The minimum atomic E-state index is -3.54. The summed E-state index contributed by atoms with van der Waals surface area (Å²) in [4.78, 5) is 5.15. The molecule has 2 N–H and O–H groups in total. The zero-order valence-electron chi connectivity index (χ0n) is 20.6. The van der Waals surface area contributed by atoms with Crippen LogP contribution < -0.4 is 20.1 Å². The van der Waals surface area contributed by atoms with Gasteiger partial charge in [0.15, 0.2) is 11.5 Å². The highest BCUT2D eigenvalue weighted by Gasteiger charge is 2.43. The lowest BCUT2D eigenvalue weighted by molar-refractivity contribution is 0.174. The van der Waals surface area contributed by atoms with Gasteiger partial charge in [-0.3, -0.25) is 4.99 Å². The van der Waals surface area contributed by atoms with E-state index in [0.717, 1.165) is 35.0 Å². The summed E-state index contributed by atoms with van der Waals surface area (Å²) in [5, 5.41) is 7.16. The molecule has 1 fully saturated rings. The van der Waals surface area contributed by atoms with Gasteiger partial charge in [-0.05, 0) is 53.6 Å².